The summed E-state index contributed by atoms with van der Waals surface area (Å²) in [5, 5.41) is 7.23. The number of nitrogens with one attached hydrogen (secondary N) is 2. The number of carbonyl (C=O) groups excluding carboxylic acids is 1. The van der Waals surface area contributed by atoms with Crippen molar-refractivity contribution in [2.45, 2.75) is 19.5 Å². The first-order valence-corrected chi connectivity index (χ1v) is 7.26. The second kappa shape index (κ2) is 6.09. The molecule has 1 fully saturated rings. The fourth-order valence-electron chi connectivity index (χ4n) is 1.89. The summed E-state index contributed by atoms with van der Waals surface area (Å²) in [4.78, 5) is 15.3. The lowest BCUT2D eigenvalue weighted by Gasteiger charge is -2.31. The number of rotatable bonds is 5. The number of hydrogen-bond donors (Lipinski definition) is 2. The maximum absolute atomic E-state index is 12.4. The van der Waals surface area contributed by atoms with Crippen molar-refractivity contribution >= 4 is 17.2 Å². The fraction of sp³-hybridized carbons (Fsp3) is 0.667. The molecule has 8 heteroatoms. The lowest BCUT2D eigenvalue weighted by Crippen LogP contribution is -2.49. The summed E-state index contributed by atoms with van der Waals surface area (Å²) in [7, 11) is 0. The third kappa shape index (κ3) is 3.69. The van der Waals surface area contributed by atoms with Crippen molar-refractivity contribution < 1.29 is 18.0 Å². The molecule has 0 aromatic carbocycles. The van der Waals surface area contributed by atoms with Crippen LogP contribution in [0.3, 0.4) is 0 Å². The highest BCUT2D eigenvalue weighted by Gasteiger charge is 2.33. The summed E-state index contributed by atoms with van der Waals surface area (Å²) in [5.74, 6) is 0.231. The Kier molecular flexibility index (Phi) is 4.64. The van der Waals surface area contributed by atoms with Crippen molar-refractivity contribution in [1.82, 2.24) is 15.6 Å². The van der Waals surface area contributed by atoms with Crippen LogP contribution in [-0.4, -0.2) is 30.5 Å². The number of alkyl halides is 3. The third-order valence-corrected chi connectivity index (χ3v) is 4.32. The number of carbonyl (C=O) groups is 1. The Morgan fingerprint density at radius 1 is 1.60 bits per heavy atom. The van der Waals surface area contributed by atoms with Gasteiger partial charge in [0.15, 0.2) is 5.69 Å². The molecule has 2 heterocycles. The molecule has 1 aromatic rings. The number of hydrogen-bond acceptors (Lipinski definition) is 4. The highest BCUT2D eigenvalue weighted by molar-refractivity contribution is 7.09. The van der Waals surface area contributed by atoms with Crippen LogP contribution in [-0.2, 0) is 17.4 Å². The Labute approximate surface area is 118 Å². The van der Waals surface area contributed by atoms with Crippen LogP contribution in [0, 0.1) is 11.8 Å². The molecule has 1 aromatic heterocycles. The molecule has 1 aliphatic rings. The van der Waals surface area contributed by atoms with Gasteiger partial charge in [-0.2, -0.15) is 13.2 Å². The van der Waals surface area contributed by atoms with Crippen molar-refractivity contribution in [3.8, 4) is 0 Å². The van der Waals surface area contributed by atoms with Crippen LogP contribution in [0.1, 0.15) is 17.6 Å². The van der Waals surface area contributed by atoms with E-state index >= 15 is 0 Å². The summed E-state index contributed by atoms with van der Waals surface area (Å²) in [5.41, 5.74) is -0.863. The second-order valence-electron chi connectivity index (χ2n) is 4.87. The molecule has 20 heavy (non-hydrogen) atoms. The van der Waals surface area contributed by atoms with Gasteiger partial charge in [-0.05, 0) is 19.0 Å². The summed E-state index contributed by atoms with van der Waals surface area (Å²) < 4.78 is 37.1. The number of thiazole rings is 1. The minimum Gasteiger partial charge on any atom is -0.355 e. The van der Waals surface area contributed by atoms with Crippen LogP contribution >= 0.6 is 11.3 Å². The van der Waals surface area contributed by atoms with Gasteiger partial charge in [0.1, 0.15) is 0 Å². The van der Waals surface area contributed by atoms with Crippen LogP contribution in [0.5, 0.6) is 0 Å². The van der Waals surface area contributed by atoms with E-state index in [-0.39, 0.29) is 11.8 Å². The summed E-state index contributed by atoms with van der Waals surface area (Å²) in [6.07, 6.45) is -4.08. The number of aromatic nitrogens is 1. The molecule has 0 bridgehead atoms. The van der Waals surface area contributed by atoms with Crippen LogP contribution in [0.15, 0.2) is 5.38 Å². The monoisotopic (exact) mass is 307 g/mol. The highest BCUT2D eigenvalue weighted by Crippen LogP contribution is 2.30. The van der Waals surface area contributed by atoms with Crippen LogP contribution in [0.2, 0.25) is 0 Å². The van der Waals surface area contributed by atoms with E-state index in [0.717, 1.165) is 29.8 Å². The van der Waals surface area contributed by atoms with Crippen molar-refractivity contribution in [1.29, 1.82) is 0 Å². The van der Waals surface area contributed by atoms with E-state index in [9.17, 15) is 18.0 Å². The summed E-state index contributed by atoms with van der Waals surface area (Å²) in [6, 6.07) is 0. The van der Waals surface area contributed by atoms with Crippen LogP contribution in [0.4, 0.5) is 13.2 Å². The summed E-state index contributed by atoms with van der Waals surface area (Å²) in [6.45, 7) is 3.87. The van der Waals surface area contributed by atoms with Gasteiger partial charge in [0, 0.05) is 24.3 Å². The first-order valence-electron chi connectivity index (χ1n) is 6.38. The lowest BCUT2D eigenvalue weighted by molar-refractivity contribution is -0.140. The molecule has 0 saturated carbocycles. The molecule has 0 aliphatic carbocycles. The van der Waals surface area contributed by atoms with Crippen molar-refractivity contribution in [3.63, 3.8) is 0 Å². The third-order valence-electron chi connectivity index (χ3n) is 3.41. The SMILES string of the molecule is CC(C(=O)NCCc1nc(C(F)(F)F)cs1)C1CNC1. The molecule has 0 radical (unpaired) electrons. The van der Waals surface area contributed by atoms with Gasteiger partial charge in [0.2, 0.25) is 5.91 Å². The molecule has 1 saturated heterocycles. The molecule has 2 rings (SSSR count). The average Bonchev–Trinajstić information content (AvgIpc) is 2.74. The normalized spacial score (nSPS) is 17.6. The van der Waals surface area contributed by atoms with Gasteiger partial charge >= 0.3 is 6.18 Å². The van der Waals surface area contributed by atoms with Gasteiger partial charge in [0.25, 0.3) is 0 Å². The Morgan fingerprint density at radius 2 is 2.30 bits per heavy atom. The Morgan fingerprint density at radius 3 is 2.80 bits per heavy atom. The smallest absolute Gasteiger partial charge is 0.355 e. The molecular weight excluding hydrogens is 291 g/mol. The standard InChI is InChI=1S/C12H16F3N3OS/c1-7(8-4-16-5-8)11(19)17-3-2-10-18-9(6-20-10)12(13,14)15/h6-8,16H,2-5H2,1H3,(H,17,19). The Hall–Kier alpha value is -1.15. The Bertz CT molecular complexity index is 471. The zero-order valence-corrected chi connectivity index (χ0v) is 11.8. The zero-order chi connectivity index (χ0) is 14.8. The zero-order valence-electron chi connectivity index (χ0n) is 11.0. The van der Waals surface area contributed by atoms with Crippen LogP contribution in [0.25, 0.3) is 0 Å². The largest absolute Gasteiger partial charge is 0.434 e. The first kappa shape index (κ1) is 15.2. The summed E-state index contributed by atoms with van der Waals surface area (Å²) >= 11 is 0.966. The van der Waals surface area contributed by atoms with Crippen molar-refractivity contribution in [2.75, 3.05) is 19.6 Å². The van der Waals surface area contributed by atoms with E-state index in [1.807, 2.05) is 6.92 Å². The fourth-order valence-corrected chi connectivity index (χ4v) is 2.69. The minimum absolute atomic E-state index is 0.0518. The minimum atomic E-state index is -4.40. The Balaban J connectivity index is 1.75. The van der Waals surface area contributed by atoms with Gasteiger partial charge < -0.3 is 10.6 Å². The van der Waals surface area contributed by atoms with E-state index in [1.165, 1.54) is 0 Å². The molecular formula is C12H16F3N3OS. The number of halogens is 3. The van der Waals surface area contributed by atoms with Gasteiger partial charge in [-0.1, -0.05) is 6.92 Å². The molecule has 1 amide bonds. The maximum atomic E-state index is 12.4. The van der Waals surface area contributed by atoms with Gasteiger partial charge in [-0.25, -0.2) is 4.98 Å². The molecule has 1 unspecified atom stereocenters. The number of amides is 1. The highest BCUT2D eigenvalue weighted by atomic mass is 32.1. The first-order chi connectivity index (χ1) is 9.38. The van der Waals surface area contributed by atoms with Crippen molar-refractivity contribution in [2.24, 2.45) is 11.8 Å². The van der Waals surface area contributed by atoms with E-state index in [2.05, 4.69) is 15.6 Å². The molecule has 112 valence electrons. The molecule has 0 spiro atoms. The molecule has 4 nitrogen and oxygen atoms in total. The van der Waals surface area contributed by atoms with Gasteiger partial charge in [0.05, 0.1) is 5.01 Å². The molecule has 1 aliphatic heterocycles. The lowest BCUT2D eigenvalue weighted by atomic mass is 9.88. The molecule has 1 atom stereocenters. The second-order valence-corrected chi connectivity index (χ2v) is 5.81. The van der Waals surface area contributed by atoms with E-state index in [1.54, 1.807) is 0 Å². The van der Waals surface area contributed by atoms with E-state index in [4.69, 9.17) is 0 Å². The number of nitrogens with zero attached hydrogens (tertiary/aromatic N) is 1. The van der Waals surface area contributed by atoms with Gasteiger partial charge in [-0.3, -0.25) is 4.79 Å². The predicted octanol–water partition coefficient (Wildman–Crippen LogP) is 1.68. The van der Waals surface area contributed by atoms with Crippen LogP contribution < -0.4 is 10.6 Å². The van der Waals surface area contributed by atoms with Gasteiger partial charge in [-0.15, -0.1) is 11.3 Å². The van der Waals surface area contributed by atoms with Crippen molar-refractivity contribution in [3.05, 3.63) is 16.1 Å². The topological polar surface area (TPSA) is 54.0 Å². The predicted molar refractivity (Wildman–Crippen MR) is 69.4 cm³/mol. The quantitative estimate of drug-likeness (QED) is 0.870. The van der Waals surface area contributed by atoms with E-state index in [0.29, 0.717) is 23.9 Å². The molecule has 2 N–H and O–H groups in total. The maximum Gasteiger partial charge on any atom is 0.434 e. The van der Waals surface area contributed by atoms with E-state index < -0.39 is 11.9 Å². The average molecular weight is 307 g/mol.